The van der Waals surface area contributed by atoms with Crippen LogP contribution in [0.3, 0.4) is 0 Å². The number of hydrogen-bond acceptors (Lipinski definition) is 5. The molecule has 0 aliphatic heterocycles. The van der Waals surface area contributed by atoms with Gasteiger partial charge in [0.05, 0.1) is 23.9 Å². The lowest BCUT2D eigenvalue weighted by Gasteiger charge is -2.20. The molecule has 0 unspecified atom stereocenters. The number of aromatic nitrogens is 1. The molecule has 0 radical (unpaired) electrons. The van der Waals surface area contributed by atoms with E-state index in [-0.39, 0.29) is 19.6 Å². The number of ether oxygens (including phenoxy) is 1. The Balaban J connectivity index is 1.65. The van der Waals surface area contributed by atoms with Gasteiger partial charge in [0.25, 0.3) is 5.91 Å². The molecule has 2 amide bonds. The summed E-state index contributed by atoms with van der Waals surface area (Å²) in [6.07, 6.45) is 0.310. The van der Waals surface area contributed by atoms with Gasteiger partial charge in [0, 0.05) is 12.6 Å². The number of rotatable bonds is 11. The maximum absolute atomic E-state index is 13.7. The fourth-order valence-electron chi connectivity index (χ4n) is 3.20. The zero-order valence-electron chi connectivity index (χ0n) is 19.3. The van der Waals surface area contributed by atoms with E-state index in [1.54, 1.807) is 18.2 Å². The van der Waals surface area contributed by atoms with Gasteiger partial charge in [-0.05, 0) is 54.4 Å². The number of Topliss-reactive ketones (excluding diaryl/α,β-unsaturated/α-hetero) is 1. The molecule has 0 aliphatic carbocycles. The summed E-state index contributed by atoms with van der Waals surface area (Å²) in [5.74, 6) is -3.40. The summed E-state index contributed by atoms with van der Waals surface area (Å²) in [6.45, 7) is 1.49. The van der Waals surface area contributed by atoms with Gasteiger partial charge in [-0.3, -0.25) is 19.4 Å². The summed E-state index contributed by atoms with van der Waals surface area (Å²) >= 11 is 5.80. The number of nitrogens with one attached hydrogen (secondary N) is 2. The van der Waals surface area contributed by atoms with Gasteiger partial charge in [0.1, 0.15) is 23.8 Å². The van der Waals surface area contributed by atoms with Crippen LogP contribution in [0.4, 0.5) is 8.78 Å². The molecule has 0 bridgehead atoms. The second kappa shape index (κ2) is 12.9. The summed E-state index contributed by atoms with van der Waals surface area (Å²) in [5.41, 5.74) is 1.55. The minimum Gasteiger partial charge on any atom is -0.364 e. The Labute approximate surface area is 211 Å². The molecule has 2 N–H and O–H groups in total. The van der Waals surface area contributed by atoms with Crippen LogP contribution in [0.1, 0.15) is 23.7 Å². The first-order chi connectivity index (χ1) is 17.2. The molecule has 1 heterocycles. The Morgan fingerprint density at radius 3 is 2.42 bits per heavy atom. The SMILES string of the molecule is C[C@@H](OCc1ccc(F)cc1)C(=O)N[C@H](Cc1cccc(F)c1)C(=O)C(=O)NCc1ccc(Cl)cn1. The predicted octanol–water partition coefficient (Wildman–Crippen LogP) is 3.53. The van der Waals surface area contributed by atoms with Crippen molar-refractivity contribution in [1.29, 1.82) is 0 Å². The molecule has 0 spiro atoms. The van der Waals surface area contributed by atoms with Crippen molar-refractivity contribution in [3.63, 3.8) is 0 Å². The second-order valence-corrected chi connectivity index (χ2v) is 8.43. The van der Waals surface area contributed by atoms with E-state index in [1.807, 2.05) is 0 Å². The second-order valence-electron chi connectivity index (χ2n) is 7.99. The van der Waals surface area contributed by atoms with Crippen molar-refractivity contribution in [2.75, 3.05) is 0 Å². The van der Waals surface area contributed by atoms with Gasteiger partial charge >= 0.3 is 0 Å². The van der Waals surface area contributed by atoms with Crippen LogP contribution in [0.25, 0.3) is 0 Å². The number of amides is 2. The van der Waals surface area contributed by atoms with Crippen LogP contribution in [0, 0.1) is 11.6 Å². The van der Waals surface area contributed by atoms with Crippen LogP contribution in [-0.2, 0) is 38.7 Å². The number of ketones is 1. The van der Waals surface area contributed by atoms with Gasteiger partial charge in [0.2, 0.25) is 11.7 Å². The van der Waals surface area contributed by atoms with Crippen molar-refractivity contribution >= 4 is 29.2 Å². The molecule has 0 aliphatic rings. The fourth-order valence-corrected chi connectivity index (χ4v) is 3.31. The number of nitrogens with zero attached hydrogens (tertiary/aromatic N) is 1. The molecular formula is C26H24ClF2N3O4. The highest BCUT2D eigenvalue weighted by Crippen LogP contribution is 2.10. The number of halogens is 3. The van der Waals surface area contributed by atoms with Crippen LogP contribution >= 0.6 is 11.6 Å². The minimum atomic E-state index is -1.27. The summed E-state index contributed by atoms with van der Waals surface area (Å²) in [4.78, 5) is 42.3. The van der Waals surface area contributed by atoms with Gasteiger partial charge < -0.3 is 15.4 Å². The van der Waals surface area contributed by atoms with E-state index in [4.69, 9.17) is 16.3 Å². The minimum absolute atomic E-state index is 0.0282. The Bertz CT molecular complexity index is 1210. The summed E-state index contributed by atoms with van der Waals surface area (Å²) in [6, 6.07) is 13.0. The maximum atomic E-state index is 13.7. The van der Waals surface area contributed by atoms with Crippen molar-refractivity contribution < 1.29 is 27.9 Å². The van der Waals surface area contributed by atoms with Crippen molar-refractivity contribution in [2.45, 2.75) is 38.6 Å². The van der Waals surface area contributed by atoms with Gasteiger partial charge in [-0.25, -0.2) is 8.78 Å². The van der Waals surface area contributed by atoms with E-state index < -0.39 is 41.4 Å². The number of carbonyl (C=O) groups excluding carboxylic acids is 3. The normalized spacial score (nSPS) is 12.4. The third-order valence-corrected chi connectivity index (χ3v) is 5.41. The third-order valence-electron chi connectivity index (χ3n) is 5.19. The molecule has 1 aromatic heterocycles. The molecule has 188 valence electrons. The molecule has 3 aromatic rings. The summed E-state index contributed by atoms with van der Waals surface area (Å²) in [7, 11) is 0. The average Bonchev–Trinajstić information content (AvgIpc) is 2.86. The highest BCUT2D eigenvalue weighted by atomic mass is 35.5. The first-order valence-electron chi connectivity index (χ1n) is 11.0. The van der Waals surface area contributed by atoms with E-state index in [2.05, 4.69) is 15.6 Å². The average molecular weight is 516 g/mol. The van der Waals surface area contributed by atoms with E-state index in [0.717, 1.165) is 0 Å². The smallest absolute Gasteiger partial charge is 0.289 e. The van der Waals surface area contributed by atoms with Gasteiger partial charge in [-0.2, -0.15) is 0 Å². The van der Waals surface area contributed by atoms with Crippen LogP contribution in [0.15, 0.2) is 66.9 Å². The number of hydrogen-bond donors (Lipinski definition) is 2. The van der Waals surface area contributed by atoms with E-state index >= 15 is 0 Å². The standard InChI is InChI=1S/C26H24ClF2N3O4/c1-16(36-15-17-5-8-20(28)9-6-17)25(34)32-23(12-18-3-2-4-21(29)11-18)24(33)26(35)31-14-22-10-7-19(27)13-30-22/h2-11,13,16,23H,12,14-15H2,1H3,(H,31,35)(H,32,34)/t16-,23-/m1/s1. The van der Waals surface area contributed by atoms with Crippen LogP contribution in [0.2, 0.25) is 5.02 Å². The fraction of sp³-hybridized carbons (Fsp3) is 0.231. The Morgan fingerprint density at radius 2 is 1.75 bits per heavy atom. The highest BCUT2D eigenvalue weighted by molar-refractivity contribution is 6.38. The molecular weight excluding hydrogens is 492 g/mol. The third kappa shape index (κ3) is 8.21. The predicted molar refractivity (Wildman–Crippen MR) is 129 cm³/mol. The van der Waals surface area contributed by atoms with E-state index in [1.165, 1.54) is 55.6 Å². The largest absolute Gasteiger partial charge is 0.364 e. The molecule has 0 saturated heterocycles. The van der Waals surface area contributed by atoms with Crippen LogP contribution < -0.4 is 10.6 Å². The number of carbonyl (C=O) groups is 3. The Morgan fingerprint density at radius 1 is 1.00 bits per heavy atom. The van der Waals surface area contributed by atoms with Crippen LogP contribution in [0.5, 0.6) is 0 Å². The lowest BCUT2D eigenvalue weighted by atomic mass is 10.0. The number of benzene rings is 2. The number of pyridine rings is 1. The van der Waals surface area contributed by atoms with Gasteiger partial charge in [0.15, 0.2) is 0 Å². The summed E-state index contributed by atoms with van der Waals surface area (Å²) in [5, 5.41) is 5.42. The maximum Gasteiger partial charge on any atom is 0.289 e. The monoisotopic (exact) mass is 515 g/mol. The van der Waals surface area contributed by atoms with E-state index in [9.17, 15) is 23.2 Å². The quantitative estimate of drug-likeness (QED) is 0.381. The van der Waals surface area contributed by atoms with Crippen molar-refractivity contribution in [1.82, 2.24) is 15.6 Å². The molecule has 2 aromatic carbocycles. The molecule has 2 atom stereocenters. The summed E-state index contributed by atoms with van der Waals surface area (Å²) < 4.78 is 32.3. The molecule has 3 rings (SSSR count). The van der Waals surface area contributed by atoms with E-state index in [0.29, 0.717) is 21.8 Å². The molecule has 7 nitrogen and oxygen atoms in total. The van der Waals surface area contributed by atoms with Crippen LogP contribution in [-0.4, -0.2) is 34.7 Å². The molecule has 36 heavy (non-hydrogen) atoms. The van der Waals surface area contributed by atoms with Crippen molar-refractivity contribution in [2.24, 2.45) is 0 Å². The lowest BCUT2D eigenvalue weighted by molar-refractivity contribution is -0.141. The first kappa shape index (κ1) is 26.9. The van der Waals surface area contributed by atoms with Crippen molar-refractivity contribution in [3.05, 3.63) is 100 Å². The lowest BCUT2D eigenvalue weighted by Crippen LogP contribution is -2.51. The molecule has 0 fully saturated rings. The highest BCUT2D eigenvalue weighted by Gasteiger charge is 2.29. The topological polar surface area (TPSA) is 97.4 Å². The van der Waals surface area contributed by atoms with Crippen molar-refractivity contribution in [3.8, 4) is 0 Å². The molecule has 10 heteroatoms. The zero-order valence-corrected chi connectivity index (χ0v) is 20.1. The first-order valence-corrected chi connectivity index (χ1v) is 11.4. The zero-order chi connectivity index (χ0) is 26.1. The van der Waals surface area contributed by atoms with Gasteiger partial charge in [-0.15, -0.1) is 0 Å². The van der Waals surface area contributed by atoms with Gasteiger partial charge in [-0.1, -0.05) is 35.9 Å². The molecule has 0 saturated carbocycles. The Hall–Kier alpha value is -3.69. The Kier molecular flexibility index (Phi) is 9.61.